The van der Waals surface area contributed by atoms with Crippen LogP contribution < -0.4 is 5.73 Å². The summed E-state index contributed by atoms with van der Waals surface area (Å²) in [6.07, 6.45) is 1.94. The van der Waals surface area contributed by atoms with Crippen LogP contribution in [0.3, 0.4) is 0 Å². The van der Waals surface area contributed by atoms with E-state index in [1.165, 1.54) is 0 Å². The van der Waals surface area contributed by atoms with Crippen LogP contribution in [-0.4, -0.2) is 70.7 Å². The Kier molecular flexibility index (Phi) is 7.43. The van der Waals surface area contributed by atoms with Crippen LogP contribution in [0.4, 0.5) is 0 Å². The van der Waals surface area contributed by atoms with E-state index in [0.29, 0.717) is 25.7 Å². The van der Waals surface area contributed by atoms with Gasteiger partial charge in [0.1, 0.15) is 0 Å². The number of carboxylic acids is 1. The van der Waals surface area contributed by atoms with Crippen LogP contribution >= 0.6 is 0 Å². The predicted octanol–water partition coefficient (Wildman–Crippen LogP) is 1.80. The van der Waals surface area contributed by atoms with E-state index in [1.807, 2.05) is 6.92 Å². The average molecular weight is 516 g/mol. The molecule has 4 rings (SSSR count). The maximum atomic E-state index is 13.4. The molecule has 8 nitrogen and oxygen atoms in total. The second-order valence-electron chi connectivity index (χ2n) is 12.6. The molecule has 12 unspecified atom stereocenters. The summed E-state index contributed by atoms with van der Waals surface area (Å²) >= 11 is 0. The number of hydrogen-bond donors (Lipinski definition) is 5. The molecule has 0 aromatic carbocycles. The van der Waals surface area contributed by atoms with Crippen molar-refractivity contribution in [3.63, 3.8) is 0 Å². The van der Waals surface area contributed by atoms with Gasteiger partial charge in [0.05, 0.1) is 29.3 Å². The first-order valence-corrected chi connectivity index (χ1v) is 15.2. The molecule has 6 N–H and O–H groups in total. The molecule has 4 fully saturated rings. The highest BCUT2D eigenvalue weighted by Crippen LogP contribution is 2.69. The summed E-state index contributed by atoms with van der Waals surface area (Å²) in [5.41, 5.74) is 4.57. The smallest absolute Gasteiger partial charge is 0.303 e. The third kappa shape index (κ3) is 4.27. The van der Waals surface area contributed by atoms with Crippen molar-refractivity contribution in [2.24, 2.45) is 52.1 Å². The summed E-state index contributed by atoms with van der Waals surface area (Å²) in [6.45, 7) is 6.25. The van der Waals surface area contributed by atoms with E-state index in [9.17, 15) is 33.6 Å². The van der Waals surface area contributed by atoms with Crippen LogP contribution in [-0.2, 0) is 14.6 Å². The van der Waals surface area contributed by atoms with Gasteiger partial charge in [-0.05, 0) is 91.3 Å². The van der Waals surface area contributed by atoms with Crippen molar-refractivity contribution in [1.29, 1.82) is 0 Å². The molecular formula is C26H45NO7S. The fourth-order valence-electron chi connectivity index (χ4n) is 9.57. The first-order valence-electron chi connectivity index (χ1n) is 13.5. The van der Waals surface area contributed by atoms with Gasteiger partial charge in [0.25, 0.3) is 0 Å². The van der Waals surface area contributed by atoms with Gasteiger partial charge in [0.2, 0.25) is 0 Å². The van der Waals surface area contributed by atoms with Crippen molar-refractivity contribution in [2.75, 3.05) is 12.3 Å². The molecule has 0 aromatic rings. The number of carbonyl (C=O) groups is 1. The van der Waals surface area contributed by atoms with E-state index in [4.69, 9.17) is 5.73 Å². The van der Waals surface area contributed by atoms with Crippen LogP contribution in [0.25, 0.3) is 0 Å². The normalized spacial score (nSPS) is 48.5. The molecule has 0 bridgehead atoms. The highest BCUT2D eigenvalue weighted by atomic mass is 32.2. The van der Waals surface area contributed by atoms with Crippen molar-refractivity contribution < 1.29 is 33.6 Å². The van der Waals surface area contributed by atoms with Gasteiger partial charge in [-0.3, -0.25) is 4.79 Å². The summed E-state index contributed by atoms with van der Waals surface area (Å²) in [4.78, 5) is 11.2. The molecule has 4 aliphatic rings. The van der Waals surface area contributed by atoms with Crippen LogP contribution in [0.5, 0.6) is 0 Å². The van der Waals surface area contributed by atoms with Gasteiger partial charge < -0.3 is 26.2 Å². The maximum Gasteiger partial charge on any atom is 0.303 e. The summed E-state index contributed by atoms with van der Waals surface area (Å²) in [5.74, 6) is -1.01. The van der Waals surface area contributed by atoms with Gasteiger partial charge in [0, 0.05) is 13.0 Å². The van der Waals surface area contributed by atoms with Crippen LogP contribution in [0.1, 0.15) is 72.1 Å². The molecule has 0 radical (unpaired) electrons. The SMILES string of the molecule is CC(CCC(=O)O)C1CCC2C3C(O)CC4CC(O)CC(S(=O)(=O)CCN)C4(C)C3CC(O)C12C. The number of hydrogen-bond acceptors (Lipinski definition) is 7. The van der Waals surface area contributed by atoms with E-state index >= 15 is 0 Å². The second kappa shape index (κ2) is 9.53. The van der Waals surface area contributed by atoms with Crippen molar-refractivity contribution in [2.45, 2.75) is 95.7 Å². The molecule has 4 aliphatic carbocycles. The third-order valence-corrected chi connectivity index (χ3v) is 13.6. The number of rotatable bonds is 7. The zero-order valence-electron chi connectivity index (χ0n) is 21.3. The maximum absolute atomic E-state index is 13.4. The minimum absolute atomic E-state index is 0.0334. The van der Waals surface area contributed by atoms with Crippen molar-refractivity contribution >= 4 is 15.8 Å². The first-order chi connectivity index (χ1) is 16.3. The Morgan fingerprint density at radius 1 is 1.03 bits per heavy atom. The largest absolute Gasteiger partial charge is 0.481 e. The van der Waals surface area contributed by atoms with Gasteiger partial charge in [-0.25, -0.2) is 8.42 Å². The summed E-state index contributed by atoms with van der Waals surface area (Å²) in [7, 11) is -3.56. The van der Waals surface area contributed by atoms with Gasteiger partial charge >= 0.3 is 5.97 Å². The number of sulfone groups is 1. The number of fused-ring (bicyclic) bond motifs is 5. The van der Waals surface area contributed by atoms with E-state index in [0.717, 1.165) is 12.8 Å². The Bertz CT molecular complexity index is 911. The lowest BCUT2D eigenvalue weighted by atomic mass is 9.43. The minimum atomic E-state index is -3.56. The second-order valence-corrected chi connectivity index (χ2v) is 14.9. The Morgan fingerprint density at radius 3 is 2.34 bits per heavy atom. The fourth-order valence-corrected chi connectivity index (χ4v) is 11.8. The van der Waals surface area contributed by atoms with Gasteiger partial charge in [-0.15, -0.1) is 0 Å². The molecule has 0 heterocycles. The van der Waals surface area contributed by atoms with E-state index in [-0.39, 0.29) is 60.6 Å². The van der Waals surface area contributed by atoms with Gasteiger partial charge in [0.15, 0.2) is 9.84 Å². The summed E-state index contributed by atoms with van der Waals surface area (Å²) in [6, 6.07) is 0. The molecule has 0 aromatic heterocycles. The Labute approximate surface area is 209 Å². The molecule has 0 aliphatic heterocycles. The molecule has 0 spiro atoms. The van der Waals surface area contributed by atoms with Crippen LogP contribution in [0, 0.1) is 46.3 Å². The number of aliphatic hydroxyl groups is 3. The molecule has 0 saturated heterocycles. The van der Waals surface area contributed by atoms with Crippen LogP contribution in [0.15, 0.2) is 0 Å². The first kappa shape index (κ1) is 27.3. The molecular weight excluding hydrogens is 470 g/mol. The van der Waals surface area contributed by atoms with Gasteiger partial charge in [-0.1, -0.05) is 20.8 Å². The van der Waals surface area contributed by atoms with Crippen molar-refractivity contribution in [3.05, 3.63) is 0 Å². The molecule has 12 atom stereocenters. The lowest BCUT2D eigenvalue weighted by Gasteiger charge is -2.65. The van der Waals surface area contributed by atoms with Crippen molar-refractivity contribution in [3.8, 4) is 0 Å². The zero-order chi connectivity index (χ0) is 25.9. The summed E-state index contributed by atoms with van der Waals surface area (Å²) < 4.78 is 26.8. The highest BCUT2D eigenvalue weighted by molar-refractivity contribution is 7.92. The monoisotopic (exact) mass is 515 g/mol. The lowest BCUT2D eigenvalue weighted by molar-refractivity contribution is -0.205. The molecule has 35 heavy (non-hydrogen) atoms. The molecule has 9 heteroatoms. The standard InChI is InChI=1S/C26H45NO7S/c1-14(4-7-23(31)32)17-5-6-18-24-19(13-21(30)26(17,18)3)25(2)15(11-20(24)29)10-16(28)12-22(25)35(33,34)9-8-27/h14-22,24,28-30H,4-13,27H2,1-3H3,(H,31,32). The predicted molar refractivity (Wildman–Crippen MR) is 132 cm³/mol. The number of aliphatic carboxylic acids is 1. The zero-order valence-corrected chi connectivity index (χ0v) is 22.2. The summed E-state index contributed by atoms with van der Waals surface area (Å²) in [5, 5.41) is 42.2. The molecule has 202 valence electrons. The Morgan fingerprint density at radius 2 is 1.71 bits per heavy atom. The average Bonchev–Trinajstić information content (AvgIpc) is 3.12. The lowest BCUT2D eigenvalue weighted by Crippen LogP contribution is -2.66. The molecule has 4 saturated carbocycles. The van der Waals surface area contributed by atoms with Crippen molar-refractivity contribution in [1.82, 2.24) is 0 Å². The number of nitrogens with two attached hydrogens (primary N) is 1. The Hall–Kier alpha value is -0.740. The highest BCUT2D eigenvalue weighted by Gasteiger charge is 2.68. The van der Waals surface area contributed by atoms with Gasteiger partial charge in [-0.2, -0.15) is 0 Å². The van der Waals surface area contributed by atoms with E-state index < -0.39 is 50.2 Å². The Balaban J connectivity index is 1.71. The van der Waals surface area contributed by atoms with E-state index in [2.05, 4.69) is 13.8 Å². The third-order valence-electron chi connectivity index (χ3n) is 11.2. The van der Waals surface area contributed by atoms with Crippen LogP contribution in [0.2, 0.25) is 0 Å². The number of aliphatic hydroxyl groups excluding tert-OH is 3. The molecule has 0 amide bonds. The topological polar surface area (TPSA) is 158 Å². The fraction of sp³-hybridized carbons (Fsp3) is 0.962. The van der Waals surface area contributed by atoms with E-state index in [1.54, 1.807) is 0 Å². The number of carboxylic acid groups (broad SMARTS) is 1. The quantitative estimate of drug-likeness (QED) is 0.343. The minimum Gasteiger partial charge on any atom is -0.481 e.